The molecule has 1 fully saturated rings. The van der Waals surface area contributed by atoms with E-state index in [1.54, 1.807) is 0 Å². The van der Waals surface area contributed by atoms with E-state index in [-0.39, 0.29) is 5.78 Å². The summed E-state index contributed by atoms with van der Waals surface area (Å²) in [6.45, 7) is 11.6. The summed E-state index contributed by atoms with van der Waals surface area (Å²) < 4.78 is 12.1. The van der Waals surface area contributed by atoms with E-state index in [1.165, 1.54) is 0 Å². The van der Waals surface area contributed by atoms with Gasteiger partial charge in [0.05, 0.1) is 13.2 Å². The number of benzene rings is 1. The number of hydrogen-bond donors (Lipinski definition) is 0. The maximum Gasteiger partial charge on any atom is 0.195 e. The molecule has 1 heterocycles. The molecular formula is C21H37NO3S2. The Morgan fingerprint density at radius 2 is 1.63 bits per heavy atom. The second-order valence-corrected chi connectivity index (χ2v) is 18.9. The second-order valence-electron chi connectivity index (χ2n) is 8.01. The third-order valence-corrected chi connectivity index (χ3v) is 18.1. The standard InChI is InChI=1S/C21H37NO3S2/c1-8-26(5,6)27(7,9-2)25-21(3,4)20(23)18-10-12-19(13-11-18)22-14-16-24-17-15-22/h10-13H,8-9,14-17H2,1-7H3. The van der Waals surface area contributed by atoms with Crippen molar-refractivity contribution in [1.82, 2.24) is 0 Å². The normalized spacial score (nSPS) is 20.0. The SMILES string of the molecule is CCS(C)(C)S(C)(CC)OC(C)(C)C(=O)c1ccc(N2CCOCC2)cc1. The van der Waals surface area contributed by atoms with Gasteiger partial charge in [-0.25, -0.2) is 0 Å². The van der Waals surface area contributed by atoms with Crippen LogP contribution in [-0.4, -0.2) is 68.0 Å². The minimum atomic E-state index is -1.30. The van der Waals surface area contributed by atoms with Gasteiger partial charge in [-0.2, -0.15) is 9.06 Å². The highest BCUT2D eigenvalue weighted by Gasteiger charge is 2.40. The Morgan fingerprint density at radius 3 is 2.11 bits per heavy atom. The van der Waals surface area contributed by atoms with Gasteiger partial charge in [0.1, 0.15) is 5.60 Å². The molecule has 0 aliphatic carbocycles. The molecule has 0 spiro atoms. The Morgan fingerprint density at radius 1 is 1.07 bits per heavy atom. The van der Waals surface area contributed by atoms with E-state index in [9.17, 15) is 4.79 Å². The molecule has 0 saturated carbocycles. The van der Waals surface area contributed by atoms with Crippen LogP contribution in [0.4, 0.5) is 5.69 Å². The van der Waals surface area contributed by atoms with Crippen LogP contribution in [0.5, 0.6) is 0 Å². The van der Waals surface area contributed by atoms with Crippen molar-refractivity contribution in [2.45, 2.75) is 33.3 Å². The molecule has 0 bridgehead atoms. The lowest BCUT2D eigenvalue weighted by Gasteiger charge is -2.54. The molecule has 1 aromatic rings. The number of anilines is 1. The predicted molar refractivity (Wildman–Crippen MR) is 123 cm³/mol. The number of ketones is 1. The highest BCUT2D eigenvalue weighted by Crippen LogP contribution is 2.77. The first-order chi connectivity index (χ1) is 12.6. The van der Waals surface area contributed by atoms with Crippen molar-refractivity contribution in [3.8, 4) is 0 Å². The second kappa shape index (κ2) is 8.76. The third-order valence-electron chi connectivity index (χ3n) is 5.61. The zero-order valence-electron chi connectivity index (χ0n) is 18.0. The van der Waals surface area contributed by atoms with Gasteiger partial charge in [0.2, 0.25) is 0 Å². The van der Waals surface area contributed by atoms with Crippen LogP contribution in [0.1, 0.15) is 38.1 Å². The van der Waals surface area contributed by atoms with E-state index in [0.29, 0.717) is 0 Å². The van der Waals surface area contributed by atoms with Crippen LogP contribution in [-0.2, 0) is 8.92 Å². The van der Waals surface area contributed by atoms with Gasteiger partial charge in [0.15, 0.2) is 5.78 Å². The van der Waals surface area contributed by atoms with Crippen molar-refractivity contribution >= 4 is 29.9 Å². The van der Waals surface area contributed by atoms with Crippen LogP contribution < -0.4 is 4.90 Å². The Hall–Kier alpha value is -0.690. The van der Waals surface area contributed by atoms with Gasteiger partial charge in [0.25, 0.3) is 0 Å². The van der Waals surface area contributed by atoms with Crippen LogP contribution >= 0.6 is 18.4 Å². The predicted octanol–water partition coefficient (Wildman–Crippen LogP) is 4.87. The molecule has 1 unspecified atom stereocenters. The minimum Gasteiger partial charge on any atom is -0.378 e. The Labute approximate surface area is 168 Å². The molecule has 156 valence electrons. The molecule has 27 heavy (non-hydrogen) atoms. The lowest BCUT2D eigenvalue weighted by Crippen LogP contribution is -2.38. The monoisotopic (exact) mass is 415 g/mol. The van der Waals surface area contributed by atoms with Crippen molar-refractivity contribution in [2.24, 2.45) is 0 Å². The van der Waals surface area contributed by atoms with E-state index >= 15 is 0 Å². The van der Waals surface area contributed by atoms with E-state index < -0.39 is 24.0 Å². The van der Waals surface area contributed by atoms with Crippen molar-refractivity contribution < 1.29 is 13.7 Å². The Kier molecular flexibility index (Phi) is 7.34. The van der Waals surface area contributed by atoms with E-state index in [1.807, 2.05) is 38.1 Å². The maximum absolute atomic E-state index is 13.2. The average Bonchev–Trinajstić information content (AvgIpc) is 2.67. The number of nitrogens with zero attached hydrogens (tertiary/aromatic N) is 1. The molecule has 0 aromatic heterocycles. The number of morpholine rings is 1. The van der Waals surface area contributed by atoms with E-state index in [4.69, 9.17) is 8.92 Å². The number of ether oxygens (including phenoxy) is 1. The van der Waals surface area contributed by atoms with Gasteiger partial charge in [-0.15, -0.1) is 9.34 Å². The summed E-state index contributed by atoms with van der Waals surface area (Å²) in [6.07, 6.45) is 6.93. The fourth-order valence-corrected chi connectivity index (χ4v) is 10.1. The number of hydrogen-bond acceptors (Lipinski definition) is 4. The van der Waals surface area contributed by atoms with Gasteiger partial charge in [-0.1, -0.05) is 13.8 Å². The first kappa shape index (κ1) is 22.6. The lowest BCUT2D eigenvalue weighted by molar-refractivity contribution is 0.0640. The zero-order chi connectivity index (χ0) is 20.3. The zero-order valence-corrected chi connectivity index (χ0v) is 19.7. The fourth-order valence-electron chi connectivity index (χ4n) is 3.19. The molecule has 4 nitrogen and oxygen atoms in total. The number of Topliss-reactive ketones (excluding diaryl/α,β-unsaturated/α-hetero) is 1. The number of carbonyl (C=O) groups is 1. The topological polar surface area (TPSA) is 38.8 Å². The molecule has 2 rings (SSSR count). The summed E-state index contributed by atoms with van der Waals surface area (Å²) in [6, 6.07) is 7.97. The Bertz CT molecular complexity index is 639. The van der Waals surface area contributed by atoms with Gasteiger partial charge in [-0.3, -0.25) is 4.79 Å². The number of rotatable bonds is 8. The smallest absolute Gasteiger partial charge is 0.195 e. The van der Waals surface area contributed by atoms with Gasteiger partial charge in [-0.05, 0) is 62.6 Å². The van der Waals surface area contributed by atoms with Crippen LogP contribution in [0.2, 0.25) is 0 Å². The molecule has 1 aliphatic rings. The molecule has 0 N–H and O–H groups in total. The molecular weight excluding hydrogens is 378 g/mol. The summed E-state index contributed by atoms with van der Waals surface area (Å²) >= 11 is 0. The average molecular weight is 416 g/mol. The molecule has 1 aliphatic heterocycles. The first-order valence-electron chi connectivity index (χ1n) is 9.71. The minimum absolute atomic E-state index is 0.0644. The van der Waals surface area contributed by atoms with Crippen LogP contribution in [0.15, 0.2) is 24.3 Å². The summed E-state index contributed by atoms with van der Waals surface area (Å²) in [5.41, 5.74) is 1.05. The third kappa shape index (κ3) is 5.03. The van der Waals surface area contributed by atoms with Gasteiger partial charge >= 0.3 is 0 Å². The van der Waals surface area contributed by atoms with E-state index in [0.717, 1.165) is 49.1 Å². The van der Waals surface area contributed by atoms with Crippen molar-refractivity contribution in [2.75, 3.05) is 61.5 Å². The number of carbonyl (C=O) groups excluding carboxylic acids is 1. The fraction of sp³-hybridized carbons (Fsp3) is 0.667. The van der Waals surface area contributed by atoms with Gasteiger partial charge < -0.3 is 13.8 Å². The van der Waals surface area contributed by atoms with Crippen LogP contribution in [0.3, 0.4) is 0 Å². The van der Waals surface area contributed by atoms with E-state index in [2.05, 4.69) is 37.5 Å². The lowest BCUT2D eigenvalue weighted by atomic mass is 9.97. The summed E-state index contributed by atoms with van der Waals surface area (Å²) in [7, 11) is -2.19. The largest absolute Gasteiger partial charge is 0.378 e. The summed E-state index contributed by atoms with van der Waals surface area (Å²) in [5.74, 6) is 2.16. The Balaban J connectivity index is 2.17. The molecule has 1 saturated heterocycles. The summed E-state index contributed by atoms with van der Waals surface area (Å²) in [4.78, 5) is 15.5. The summed E-state index contributed by atoms with van der Waals surface area (Å²) in [5, 5.41) is 0. The molecule has 0 amide bonds. The van der Waals surface area contributed by atoms with Crippen LogP contribution in [0.25, 0.3) is 0 Å². The highest BCUT2D eigenvalue weighted by atomic mass is 33.2. The van der Waals surface area contributed by atoms with Crippen molar-refractivity contribution in [1.29, 1.82) is 0 Å². The molecule has 1 atom stereocenters. The molecule has 1 aromatic carbocycles. The van der Waals surface area contributed by atoms with Crippen molar-refractivity contribution in [3.63, 3.8) is 0 Å². The molecule has 0 radical (unpaired) electrons. The van der Waals surface area contributed by atoms with Crippen LogP contribution in [0, 0.1) is 0 Å². The maximum atomic E-state index is 13.2. The highest BCUT2D eigenvalue weighted by molar-refractivity contribution is 9.06. The van der Waals surface area contributed by atoms with Gasteiger partial charge in [0, 0.05) is 30.1 Å². The van der Waals surface area contributed by atoms with Crippen molar-refractivity contribution in [3.05, 3.63) is 29.8 Å². The quantitative estimate of drug-likeness (QED) is 0.448. The molecule has 6 heteroatoms. The first-order valence-corrected chi connectivity index (χ1v) is 15.0.